The topological polar surface area (TPSA) is 86.2 Å². The van der Waals surface area contributed by atoms with Crippen LogP contribution in [-0.2, 0) is 9.53 Å². The molecule has 0 radical (unpaired) electrons. The Morgan fingerprint density at radius 3 is 2.71 bits per heavy atom. The van der Waals surface area contributed by atoms with Crippen molar-refractivity contribution >= 4 is 33.6 Å². The maximum Gasteiger partial charge on any atom is 0.341 e. The van der Waals surface area contributed by atoms with Crippen molar-refractivity contribution in [3.05, 3.63) is 22.2 Å². The van der Waals surface area contributed by atoms with Gasteiger partial charge in [-0.2, -0.15) is 0 Å². The van der Waals surface area contributed by atoms with Crippen LogP contribution in [0.15, 0.2) is 21.6 Å². The summed E-state index contributed by atoms with van der Waals surface area (Å²) in [6, 6.07) is 2.42. The zero-order chi connectivity index (χ0) is 17.4. The van der Waals surface area contributed by atoms with Crippen LogP contribution in [0.3, 0.4) is 0 Å². The Kier molecular flexibility index (Phi) is 4.49. The second-order valence-electron chi connectivity index (χ2n) is 5.87. The van der Waals surface area contributed by atoms with Gasteiger partial charge in [-0.15, -0.1) is 0 Å². The fraction of sp³-hybridized carbons (Fsp3) is 0.438. The van der Waals surface area contributed by atoms with Crippen molar-refractivity contribution in [3.8, 4) is 11.5 Å². The number of benzene rings is 1. The molecular weight excluding hydrogens is 380 g/mol. The van der Waals surface area contributed by atoms with Gasteiger partial charge in [-0.1, -0.05) is 15.9 Å². The summed E-state index contributed by atoms with van der Waals surface area (Å²) in [6.07, 6.45) is -0.260. The smallest absolute Gasteiger partial charge is 0.341 e. The lowest BCUT2D eigenvalue weighted by molar-refractivity contribution is -0.150. The number of halogens is 1. The first-order chi connectivity index (χ1) is 11.4. The molecule has 8 heteroatoms. The zero-order valence-corrected chi connectivity index (χ0v) is 15.0. The van der Waals surface area contributed by atoms with Gasteiger partial charge >= 0.3 is 12.0 Å². The molecule has 2 atom stereocenters. The lowest BCUT2D eigenvalue weighted by atomic mass is 9.88. The highest BCUT2D eigenvalue weighted by atomic mass is 79.9. The average molecular weight is 397 g/mol. The van der Waals surface area contributed by atoms with Crippen molar-refractivity contribution in [1.82, 2.24) is 5.32 Å². The van der Waals surface area contributed by atoms with Gasteiger partial charge in [-0.05, 0) is 38.5 Å². The summed E-state index contributed by atoms with van der Waals surface area (Å²) in [5.74, 6) is 0.0423. The third-order valence-corrected chi connectivity index (χ3v) is 4.46. The van der Waals surface area contributed by atoms with E-state index in [9.17, 15) is 9.59 Å². The monoisotopic (exact) mass is 396 g/mol. The van der Waals surface area contributed by atoms with Crippen molar-refractivity contribution in [2.24, 2.45) is 10.9 Å². The molecule has 24 heavy (non-hydrogen) atoms. The third kappa shape index (κ3) is 3.10. The molecule has 0 aromatic heterocycles. The lowest BCUT2D eigenvalue weighted by Gasteiger charge is -2.30. The highest BCUT2D eigenvalue weighted by molar-refractivity contribution is 9.10. The molecule has 2 unspecified atom stereocenters. The van der Waals surface area contributed by atoms with E-state index in [1.807, 2.05) is 0 Å². The second-order valence-corrected chi connectivity index (χ2v) is 6.72. The maximum absolute atomic E-state index is 12.5. The number of rotatable bonds is 3. The first kappa shape index (κ1) is 16.8. The predicted octanol–water partition coefficient (Wildman–Crippen LogP) is 2.97. The third-order valence-electron chi connectivity index (χ3n) is 3.77. The van der Waals surface area contributed by atoms with Crippen LogP contribution in [-0.4, -0.2) is 30.6 Å². The molecular formula is C16H17BrN2O5. The van der Waals surface area contributed by atoms with Crippen molar-refractivity contribution in [2.75, 3.05) is 6.79 Å². The number of nitrogens with zero attached hydrogens (tertiary/aromatic N) is 1. The molecule has 1 aromatic rings. The maximum atomic E-state index is 12.5. The highest BCUT2D eigenvalue weighted by Crippen LogP contribution is 2.41. The Bertz CT molecular complexity index is 731. The largest absolute Gasteiger partial charge is 0.462 e. The van der Waals surface area contributed by atoms with Gasteiger partial charge in [0.05, 0.1) is 12.1 Å². The molecule has 2 amide bonds. The number of ether oxygens (including phenoxy) is 3. The van der Waals surface area contributed by atoms with Crippen LogP contribution in [0.1, 0.15) is 32.4 Å². The Morgan fingerprint density at radius 1 is 1.38 bits per heavy atom. The number of hydrogen-bond acceptors (Lipinski definition) is 5. The number of nitrogens with one attached hydrogen (secondary N) is 1. The number of amides is 2. The van der Waals surface area contributed by atoms with Crippen molar-refractivity contribution in [1.29, 1.82) is 0 Å². The molecule has 1 aromatic carbocycles. The Morgan fingerprint density at radius 2 is 2.04 bits per heavy atom. The van der Waals surface area contributed by atoms with Crippen molar-refractivity contribution in [2.45, 2.75) is 32.9 Å². The molecule has 3 rings (SSSR count). The number of hydrogen-bond donors (Lipinski definition) is 1. The Balaban J connectivity index is 2.02. The standard InChI is InChI=1S/C16H17BrN2O5/c1-7(2)24-15(20)13-8(3)18-16(21)19-14(13)9-4-11-12(5-10(9)17)23-6-22-11/h4-5,7,13-14H,6H2,1-3H3,(H,19,21). The SMILES string of the molecule is CC1=NC(=O)NC(c2cc3c(cc2Br)OCO3)C1C(=O)OC(C)C. The molecule has 2 aliphatic heterocycles. The summed E-state index contributed by atoms with van der Waals surface area (Å²) in [5.41, 5.74) is 1.12. The van der Waals surface area contributed by atoms with E-state index in [0.717, 1.165) is 0 Å². The van der Waals surface area contributed by atoms with Gasteiger partial charge in [0.1, 0.15) is 5.92 Å². The molecule has 7 nitrogen and oxygen atoms in total. The van der Waals surface area contributed by atoms with E-state index in [4.69, 9.17) is 14.2 Å². The molecule has 0 spiro atoms. The summed E-state index contributed by atoms with van der Waals surface area (Å²) in [5, 5.41) is 2.75. The molecule has 0 saturated heterocycles. The van der Waals surface area contributed by atoms with E-state index in [0.29, 0.717) is 27.2 Å². The second kappa shape index (κ2) is 6.43. The van der Waals surface area contributed by atoms with Gasteiger partial charge < -0.3 is 19.5 Å². The van der Waals surface area contributed by atoms with Crippen LogP contribution in [0.5, 0.6) is 11.5 Å². The summed E-state index contributed by atoms with van der Waals surface area (Å²) in [6.45, 7) is 5.34. The summed E-state index contributed by atoms with van der Waals surface area (Å²) in [4.78, 5) is 28.3. The Labute approximate surface area is 147 Å². The van der Waals surface area contributed by atoms with Crippen LogP contribution >= 0.6 is 15.9 Å². The quantitative estimate of drug-likeness (QED) is 0.793. The fourth-order valence-corrected chi connectivity index (χ4v) is 3.33. The van der Waals surface area contributed by atoms with Crippen LogP contribution in [0.25, 0.3) is 0 Å². The molecule has 1 N–H and O–H groups in total. The molecule has 0 bridgehead atoms. The van der Waals surface area contributed by atoms with E-state index in [1.54, 1.807) is 32.9 Å². The van der Waals surface area contributed by atoms with Gasteiger partial charge in [0.25, 0.3) is 0 Å². The predicted molar refractivity (Wildman–Crippen MR) is 89.4 cm³/mol. The van der Waals surface area contributed by atoms with Crippen molar-refractivity contribution < 1.29 is 23.8 Å². The molecule has 0 saturated carbocycles. The number of fused-ring (bicyclic) bond motifs is 1. The molecule has 2 heterocycles. The minimum Gasteiger partial charge on any atom is -0.462 e. The van der Waals surface area contributed by atoms with E-state index in [1.165, 1.54) is 0 Å². The van der Waals surface area contributed by atoms with Crippen molar-refractivity contribution in [3.63, 3.8) is 0 Å². The minimum absolute atomic E-state index is 0.140. The average Bonchev–Trinajstić information content (AvgIpc) is 2.91. The van der Waals surface area contributed by atoms with Gasteiger partial charge in [-0.3, -0.25) is 4.79 Å². The van der Waals surface area contributed by atoms with Crippen LogP contribution < -0.4 is 14.8 Å². The van der Waals surface area contributed by atoms with Gasteiger partial charge in [0, 0.05) is 10.2 Å². The lowest BCUT2D eigenvalue weighted by Crippen LogP contribution is -2.44. The van der Waals surface area contributed by atoms with Crippen LogP contribution in [0.2, 0.25) is 0 Å². The van der Waals surface area contributed by atoms with E-state index >= 15 is 0 Å². The van der Waals surface area contributed by atoms with Gasteiger partial charge in [-0.25, -0.2) is 9.79 Å². The Hall–Kier alpha value is -2.09. The molecule has 0 aliphatic carbocycles. The zero-order valence-electron chi connectivity index (χ0n) is 13.5. The fourth-order valence-electron chi connectivity index (χ4n) is 2.76. The van der Waals surface area contributed by atoms with Crippen LogP contribution in [0, 0.1) is 5.92 Å². The molecule has 2 aliphatic rings. The minimum atomic E-state index is -0.707. The summed E-state index contributed by atoms with van der Waals surface area (Å²) in [7, 11) is 0. The summed E-state index contributed by atoms with van der Waals surface area (Å²) >= 11 is 3.47. The van der Waals surface area contributed by atoms with E-state index in [-0.39, 0.29) is 12.9 Å². The first-order valence-corrected chi connectivity index (χ1v) is 8.31. The highest BCUT2D eigenvalue weighted by Gasteiger charge is 2.39. The normalized spacial score (nSPS) is 22.2. The number of carbonyl (C=O) groups excluding carboxylic acids is 2. The first-order valence-electron chi connectivity index (χ1n) is 7.52. The van der Waals surface area contributed by atoms with E-state index < -0.39 is 24.0 Å². The summed E-state index contributed by atoms with van der Waals surface area (Å²) < 4.78 is 16.8. The van der Waals surface area contributed by atoms with Gasteiger partial charge in [0.15, 0.2) is 11.5 Å². The number of esters is 1. The number of urea groups is 1. The number of carbonyl (C=O) groups is 2. The van der Waals surface area contributed by atoms with Crippen LogP contribution in [0.4, 0.5) is 4.79 Å². The molecule has 0 fully saturated rings. The molecule has 128 valence electrons. The van der Waals surface area contributed by atoms with E-state index in [2.05, 4.69) is 26.2 Å². The van der Waals surface area contributed by atoms with Gasteiger partial charge in [0.2, 0.25) is 6.79 Å². The number of aliphatic imine (C=N–C) groups is 1.